The van der Waals surface area contributed by atoms with Crippen molar-refractivity contribution in [3.8, 4) is 0 Å². The molecule has 1 aromatic rings. The Morgan fingerprint density at radius 2 is 1.80 bits per heavy atom. The third kappa shape index (κ3) is 5.73. The largest absolute Gasteiger partial charge is 0.352 e. The van der Waals surface area contributed by atoms with Crippen molar-refractivity contribution in [3.05, 3.63) is 29.3 Å². The molecule has 0 atom stereocenters. The van der Waals surface area contributed by atoms with Gasteiger partial charge in [0.2, 0.25) is 10.0 Å². The molecule has 1 aromatic carbocycles. The van der Waals surface area contributed by atoms with Crippen LogP contribution in [0.2, 0.25) is 0 Å². The maximum atomic E-state index is 12.3. The molecule has 2 rings (SSSR count). The van der Waals surface area contributed by atoms with Crippen molar-refractivity contribution in [2.24, 2.45) is 0 Å². The molecule has 0 fully saturated rings. The highest BCUT2D eigenvalue weighted by Crippen LogP contribution is 2.30. The molecule has 1 heterocycles. The van der Waals surface area contributed by atoms with Gasteiger partial charge in [-0.15, -0.1) is 0 Å². The van der Waals surface area contributed by atoms with Gasteiger partial charge < -0.3 is 5.32 Å². The van der Waals surface area contributed by atoms with E-state index in [9.17, 15) is 13.2 Å². The number of carbonyl (C=O) groups excluding carboxylic acids is 1. The highest BCUT2D eigenvalue weighted by molar-refractivity contribution is 7.92. The Hall–Kier alpha value is -1.56. The van der Waals surface area contributed by atoms with Crippen molar-refractivity contribution >= 4 is 21.6 Å². The summed E-state index contributed by atoms with van der Waals surface area (Å²) in [5, 5.41) is 2.96. The van der Waals surface area contributed by atoms with Crippen LogP contribution in [0.1, 0.15) is 67.8 Å². The number of fused-ring (bicyclic) bond motifs is 1. The lowest BCUT2D eigenvalue weighted by molar-refractivity contribution is 0.0953. The van der Waals surface area contributed by atoms with Gasteiger partial charge in [-0.05, 0) is 36.6 Å². The molecule has 6 heteroatoms. The number of rotatable bonds is 10. The third-order valence-electron chi connectivity index (χ3n) is 4.66. The quantitative estimate of drug-likeness (QED) is 0.645. The maximum Gasteiger partial charge on any atom is 0.251 e. The van der Waals surface area contributed by atoms with Crippen LogP contribution in [0.15, 0.2) is 18.2 Å². The van der Waals surface area contributed by atoms with Gasteiger partial charge in [0.15, 0.2) is 0 Å². The highest BCUT2D eigenvalue weighted by atomic mass is 32.2. The molecule has 1 aliphatic rings. The summed E-state index contributed by atoms with van der Waals surface area (Å²) in [6.07, 6.45) is 10.4. The highest BCUT2D eigenvalue weighted by Gasteiger charge is 2.26. The number of hydrogen-bond acceptors (Lipinski definition) is 3. The molecule has 140 valence electrons. The van der Waals surface area contributed by atoms with Crippen LogP contribution in [-0.2, 0) is 16.4 Å². The van der Waals surface area contributed by atoms with E-state index in [2.05, 4.69) is 12.2 Å². The van der Waals surface area contributed by atoms with Gasteiger partial charge in [0.1, 0.15) is 0 Å². The molecule has 0 radical (unpaired) electrons. The van der Waals surface area contributed by atoms with Gasteiger partial charge in [-0.1, -0.05) is 45.4 Å². The van der Waals surface area contributed by atoms with Gasteiger partial charge in [0.25, 0.3) is 5.91 Å². The third-order valence-corrected chi connectivity index (χ3v) is 5.84. The number of nitrogens with zero attached hydrogens (tertiary/aromatic N) is 1. The SMILES string of the molecule is CCCCCCCCCNC(=O)c1ccc2c(c1)CCN2S(C)(=O)=O. The van der Waals surface area contributed by atoms with E-state index in [1.54, 1.807) is 12.1 Å². The predicted molar refractivity (Wildman–Crippen MR) is 103 cm³/mol. The molecule has 0 saturated carbocycles. The average molecular weight is 367 g/mol. The molecule has 0 spiro atoms. The zero-order valence-electron chi connectivity index (χ0n) is 15.4. The number of unbranched alkanes of at least 4 members (excludes halogenated alkanes) is 6. The van der Waals surface area contributed by atoms with Gasteiger partial charge >= 0.3 is 0 Å². The lowest BCUT2D eigenvalue weighted by Gasteiger charge is -2.16. The maximum absolute atomic E-state index is 12.3. The minimum Gasteiger partial charge on any atom is -0.352 e. The van der Waals surface area contributed by atoms with E-state index in [1.807, 2.05) is 6.07 Å². The van der Waals surface area contributed by atoms with Gasteiger partial charge in [-0.3, -0.25) is 9.10 Å². The number of anilines is 1. The number of carbonyl (C=O) groups is 1. The Bertz CT molecular complexity index is 686. The fourth-order valence-electron chi connectivity index (χ4n) is 3.24. The topological polar surface area (TPSA) is 66.5 Å². The molecule has 0 unspecified atom stereocenters. The first kappa shape index (κ1) is 19.8. The van der Waals surface area contributed by atoms with Crippen LogP contribution in [0.4, 0.5) is 5.69 Å². The lowest BCUT2D eigenvalue weighted by Crippen LogP contribution is -2.27. The molecule has 1 aliphatic heterocycles. The Balaban J connectivity index is 1.78. The monoisotopic (exact) mass is 366 g/mol. The van der Waals surface area contributed by atoms with Crippen LogP contribution in [0.5, 0.6) is 0 Å². The first-order valence-corrected chi connectivity index (χ1v) is 11.2. The van der Waals surface area contributed by atoms with E-state index in [0.29, 0.717) is 30.8 Å². The smallest absolute Gasteiger partial charge is 0.251 e. The fraction of sp³-hybridized carbons (Fsp3) is 0.632. The Labute approximate surface area is 151 Å². The van der Waals surface area contributed by atoms with Crippen LogP contribution in [0, 0.1) is 0 Å². The van der Waals surface area contributed by atoms with Gasteiger partial charge in [-0.25, -0.2) is 8.42 Å². The van der Waals surface area contributed by atoms with Crippen molar-refractivity contribution in [2.45, 2.75) is 58.3 Å². The van der Waals surface area contributed by atoms with Crippen LogP contribution >= 0.6 is 0 Å². The van der Waals surface area contributed by atoms with E-state index in [0.717, 1.165) is 18.4 Å². The summed E-state index contributed by atoms with van der Waals surface area (Å²) in [6, 6.07) is 5.27. The van der Waals surface area contributed by atoms with E-state index in [4.69, 9.17) is 0 Å². The van der Waals surface area contributed by atoms with Gasteiger partial charge in [0.05, 0.1) is 11.9 Å². The summed E-state index contributed by atoms with van der Waals surface area (Å²) in [5.41, 5.74) is 2.23. The van der Waals surface area contributed by atoms with Crippen LogP contribution in [0.3, 0.4) is 0 Å². The summed E-state index contributed by atoms with van der Waals surface area (Å²) in [7, 11) is -3.25. The fourth-order valence-corrected chi connectivity index (χ4v) is 4.20. The Kier molecular flexibility index (Phi) is 7.29. The number of hydrogen-bond donors (Lipinski definition) is 1. The second-order valence-electron chi connectivity index (χ2n) is 6.81. The van der Waals surface area contributed by atoms with Crippen molar-refractivity contribution in [1.82, 2.24) is 5.32 Å². The number of nitrogens with one attached hydrogen (secondary N) is 1. The van der Waals surface area contributed by atoms with Crippen LogP contribution in [0.25, 0.3) is 0 Å². The van der Waals surface area contributed by atoms with Crippen molar-refractivity contribution in [1.29, 1.82) is 0 Å². The number of amides is 1. The summed E-state index contributed by atoms with van der Waals surface area (Å²) >= 11 is 0. The summed E-state index contributed by atoms with van der Waals surface area (Å²) in [4.78, 5) is 12.3. The molecule has 1 amide bonds. The zero-order valence-corrected chi connectivity index (χ0v) is 16.2. The van der Waals surface area contributed by atoms with Crippen molar-refractivity contribution in [3.63, 3.8) is 0 Å². The van der Waals surface area contributed by atoms with Crippen molar-refractivity contribution < 1.29 is 13.2 Å². The summed E-state index contributed by atoms with van der Waals surface area (Å²) < 4.78 is 24.9. The summed E-state index contributed by atoms with van der Waals surface area (Å²) in [6.45, 7) is 3.36. The van der Waals surface area contributed by atoms with E-state index < -0.39 is 10.0 Å². The molecule has 0 aliphatic carbocycles. The number of benzene rings is 1. The van der Waals surface area contributed by atoms with Crippen LogP contribution in [-0.4, -0.2) is 33.7 Å². The first-order valence-electron chi connectivity index (χ1n) is 9.32. The molecule has 0 aromatic heterocycles. The molecule has 0 bridgehead atoms. The standard InChI is InChI=1S/C19H30N2O3S/c1-3-4-5-6-7-8-9-13-20-19(22)17-10-11-18-16(15-17)12-14-21(18)25(2,23)24/h10-11,15H,3-9,12-14H2,1-2H3,(H,20,22). The molecule has 5 nitrogen and oxygen atoms in total. The molecular formula is C19H30N2O3S. The average Bonchev–Trinajstić information content (AvgIpc) is 3.00. The molecule has 25 heavy (non-hydrogen) atoms. The van der Waals surface area contributed by atoms with Crippen molar-refractivity contribution in [2.75, 3.05) is 23.7 Å². The van der Waals surface area contributed by atoms with E-state index in [1.165, 1.54) is 42.7 Å². The predicted octanol–water partition coefficient (Wildman–Crippen LogP) is 3.49. The number of sulfonamides is 1. The Morgan fingerprint density at radius 3 is 2.48 bits per heavy atom. The molecular weight excluding hydrogens is 336 g/mol. The van der Waals surface area contributed by atoms with Crippen LogP contribution < -0.4 is 9.62 Å². The summed E-state index contributed by atoms with van der Waals surface area (Å²) in [5.74, 6) is -0.0772. The molecule has 0 saturated heterocycles. The van der Waals surface area contributed by atoms with E-state index in [-0.39, 0.29) is 5.91 Å². The zero-order chi connectivity index (χ0) is 18.3. The minimum atomic E-state index is -3.25. The molecule has 1 N–H and O–H groups in total. The second-order valence-corrected chi connectivity index (χ2v) is 8.71. The lowest BCUT2D eigenvalue weighted by atomic mass is 10.1. The van der Waals surface area contributed by atoms with E-state index >= 15 is 0 Å². The Morgan fingerprint density at radius 1 is 1.12 bits per heavy atom. The van der Waals surface area contributed by atoms with Gasteiger partial charge in [-0.2, -0.15) is 0 Å². The first-order chi connectivity index (χ1) is 11.9. The normalized spacial score (nSPS) is 13.8. The second kappa shape index (κ2) is 9.22. The minimum absolute atomic E-state index is 0.0772. The van der Waals surface area contributed by atoms with Gasteiger partial charge in [0, 0.05) is 18.7 Å².